The lowest BCUT2D eigenvalue weighted by molar-refractivity contribution is -0.132. The number of hydrogen-bond donors (Lipinski definition) is 0. The van der Waals surface area contributed by atoms with Crippen LogP contribution in [0.3, 0.4) is 0 Å². The smallest absolute Gasteiger partial charge is 0.256 e. The Balaban J connectivity index is 0. The number of rotatable bonds is 4. The molecule has 0 saturated heterocycles. The molecule has 0 bridgehead atoms. The van der Waals surface area contributed by atoms with Gasteiger partial charge in [-0.25, -0.2) is 0 Å². The molecular formula is C12H19NO2. The van der Waals surface area contributed by atoms with Crippen molar-refractivity contribution in [2.24, 2.45) is 0 Å². The summed E-state index contributed by atoms with van der Waals surface area (Å²) in [5.74, 6) is -0.354. The number of imide groups is 1. The highest BCUT2D eigenvalue weighted by Crippen LogP contribution is 2.01. The minimum absolute atomic E-state index is 0.354. The number of carbonyl (C=O) groups excluding carboxylic acids is 2. The van der Waals surface area contributed by atoms with Gasteiger partial charge in [-0.2, -0.15) is 0 Å². The zero-order valence-electron chi connectivity index (χ0n) is 9.86. The van der Waals surface area contributed by atoms with Gasteiger partial charge in [0.05, 0.1) is 0 Å². The van der Waals surface area contributed by atoms with E-state index in [2.05, 4.69) is 6.58 Å². The van der Waals surface area contributed by atoms with Crippen LogP contribution in [0.4, 0.5) is 0 Å². The molecular weight excluding hydrogens is 190 g/mol. The maximum Gasteiger partial charge on any atom is 0.256 e. The Labute approximate surface area is 91.8 Å². The second-order valence-electron chi connectivity index (χ2n) is 2.36. The molecule has 0 aliphatic carbocycles. The predicted molar refractivity (Wildman–Crippen MR) is 63.0 cm³/mol. The van der Waals surface area contributed by atoms with Gasteiger partial charge in [0.15, 0.2) is 0 Å². The van der Waals surface area contributed by atoms with Crippen molar-refractivity contribution in [2.45, 2.75) is 27.7 Å². The maximum absolute atomic E-state index is 11.2. The van der Waals surface area contributed by atoms with Crippen molar-refractivity contribution in [3.8, 4) is 0 Å². The normalized spacial score (nSPS) is 10.3. The maximum atomic E-state index is 11.2. The average molecular weight is 209 g/mol. The molecule has 0 rings (SSSR count). The first-order chi connectivity index (χ1) is 7.17. The lowest BCUT2D eigenvalue weighted by Gasteiger charge is -2.12. The fourth-order valence-corrected chi connectivity index (χ4v) is 0.783. The second kappa shape index (κ2) is 10.4. The topological polar surface area (TPSA) is 37.4 Å². The van der Waals surface area contributed by atoms with E-state index in [-0.39, 0.29) is 5.91 Å². The highest BCUT2D eigenvalue weighted by atomic mass is 16.2. The largest absolute Gasteiger partial charge is 0.278 e. The summed E-state index contributed by atoms with van der Waals surface area (Å²) in [6.45, 7) is 10.9. The zero-order valence-corrected chi connectivity index (χ0v) is 9.86. The Bertz CT molecular complexity index is 265. The molecule has 0 N–H and O–H groups in total. The number of amides is 2. The molecule has 0 heterocycles. The molecule has 0 aromatic heterocycles. The Kier molecular flexibility index (Phi) is 11.0. The van der Waals surface area contributed by atoms with Crippen molar-refractivity contribution < 1.29 is 9.59 Å². The van der Waals surface area contributed by atoms with Gasteiger partial charge in [0.2, 0.25) is 6.41 Å². The van der Waals surface area contributed by atoms with Crippen molar-refractivity contribution in [3.05, 3.63) is 36.6 Å². The molecule has 0 spiro atoms. The van der Waals surface area contributed by atoms with E-state index in [0.29, 0.717) is 12.1 Å². The van der Waals surface area contributed by atoms with E-state index in [1.165, 1.54) is 12.2 Å². The second-order valence-corrected chi connectivity index (χ2v) is 2.36. The van der Waals surface area contributed by atoms with Gasteiger partial charge < -0.3 is 0 Å². The van der Waals surface area contributed by atoms with Crippen LogP contribution in [0.2, 0.25) is 0 Å². The molecule has 0 aliphatic rings. The van der Waals surface area contributed by atoms with Crippen LogP contribution < -0.4 is 0 Å². The van der Waals surface area contributed by atoms with Crippen molar-refractivity contribution in [1.29, 1.82) is 0 Å². The molecule has 2 amide bonds. The van der Waals surface area contributed by atoms with Crippen molar-refractivity contribution >= 4 is 12.3 Å². The quantitative estimate of drug-likeness (QED) is 0.405. The van der Waals surface area contributed by atoms with E-state index < -0.39 is 0 Å². The summed E-state index contributed by atoms with van der Waals surface area (Å²) >= 11 is 0. The zero-order chi connectivity index (χ0) is 12.3. The summed E-state index contributed by atoms with van der Waals surface area (Å²) in [6.07, 6.45) is 6.51. The van der Waals surface area contributed by atoms with Crippen LogP contribution in [0.5, 0.6) is 0 Å². The first kappa shape index (κ1) is 15.8. The van der Waals surface area contributed by atoms with Crippen LogP contribution in [0.25, 0.3) is 0 Å². The third-order valence-corrected chi connectivity index (χ3v) is 1.39. The monoisotopic (exact) mass is 209 g/mol. The van der Waals surface area contributed by atoms with Crippen molar-refractivity contribution in [2.75, 3.05) is 0 Å². The molecule has 15 heavy (non-hydrogen) atoms. The van der Waals surface area contributed by atoms with Crippen LogP contribution in [-0.2, 0) is 9.59 Å². The average Bonchev–Trinajstić information content (AvgIpc) is 2.22. The third-order valence-electron chi connectivity index (χ3n) is 1.39. The summed E-state index contributed by atoms with van der Waals surface area (Å²) in [5.41, 5.74) is 0.549. The van der Waals surface area contributed by atoms with Crippen LogP contribution >= 0.6 is 0 Å². The van der Waals surface area contributed by atoms with E-state index >= 15 is 0 Å². The molecule has 0 aromatic carbocycles. The van der Waals surface area contributed by atoms with Crippen LogP contribution in [0, 0.1) is 0 Å². The van der Waals surface area contributed by atoms with Gasteiger partial charge in [0.25, 0.3) is 5.91 Å². The molecule has 0 saturated carbocycles. The lowest BCUT2D eigenvalue weighted by atomic mass is 10.3. The fourth-order valence-electron chi connectivity index (χ4n) is 0.783. The van der Waals surface area contributed by atoms with Gasteiger partial charge in [0.1, 0.15) is 0 Å². The van der Waals surface area contributed by atoms with E-state index in [1.54, 1.807) is 26.0 Å². The third kappa shape index (κ3) is 6.43. The Morgan fingerprint density at radius 2 is 1.87 bits per heavy atom. The van der Waals surface area contributed by atoms with Gasteiger partial charge in [0, 0.05) is 5.70 Å². The summed E-state index contributed by atoms with van der Waals surface area (Å²) in [5, 5.41) is 0. The molecule has 0 aromatic rings. The standard InChI is InChI=1S/C10H13NO2.C2H6/c1-4-6-9(3)11(8-12)10(13)7-5-2;1-2/h4-8H,1H2,2-3H3;1-2H3/b7-5-,9-6+;. The van der Waals surface area contributed by atoms with Gasteiger partial charge in [-0.1, -0.05) is 32.6 Å². The van der Waals surface area contributed by atoms with Gasteiger partial charge >= 0.3 is 0 Å². The highest BCUT2D eigenvalue weighted by molar-refractivity contribution is 5.96. The minimum Gasteiger partial charge on any atom is -0.278 e. The fraction of sp³-hybridized carbons (Fsp3) is 0.333. The van der Waals surface area contributed by atoms with E-state index in [0.717, 1.165) is 4.90 Å². The van der Waals surface area contributed by atoms with E-state index in [1.807, 2.05) is 13.8 Å². The van der Waals surface area contributed by atoms with Crippen molar-refractivity contribution in [1.82, 2.24) is 4.90 Å². The molecule has 3 heteroatoms. The van der Waals surface area contributed by atoms with Gasteiger partial charge in [-0.05, 0) is 26.0 Å². The van der Waals surface area contributed by atoms with Crippen LogP contribution in [0.15, 0.2) is 36.6 Å². The SMILES string of the molecule is C=C/C=C(\C)N(C=O)C(=O)/C=C\C.CC. The van der Waals surface area contributed by atoms with Gasteiger partial charge in [-0.15, -0.1) is 0 Å². The van der Waals surface area contributed by atoms with E-state index in [4.69, 9.17) is 0 Å². The molecule has 0 atom stereocenters. The molecule has 0 fully saturated rings. The van der Waals surface area contributed by atoms with Crippen LogP contribution in [-0.4, -0.2) is 17.2 Å². The Hall–Kier alpha value is -1.64. The molecule has 3 nitrogen and oxygen atoms in total. The lowest BCUT2D eigenvalue weighted by Crippen LogP contribution is -2.25. The van der Waals surface area contributed by atoms with Crippen molar-refractivity contribution in [3.63, 3.8) is 0 Å². The summed E-state index contributed by atoms with van der Waals surface area (Å²) in [4.78, 5) is 22.8. The minimum atomic E-state index is -0.354. The number of carbonyl (C=O) groups is 2. The first-order valence-corrected chi connectivity index (χ1v) is 4.87. The summed E-state index contributed by atoms with van der Waals surface area (Å²) in [6, 6.07) is 0. The summed E-state index contributed by atoms with van der Waals surface area (Å²) in [7, 11) is 0. The summed E-state index contributed by atoms with van der Waals surface area (Å²) < 4.78 is 0. The number of nitrogens with zero attached hydrogens (tertiary/aromatic N) is 1. The van der Waals surface area contributed by atoms with Crippen LogP contribution in [0.1, 0.15) is 27.7 Å². The number of hydrogen-bond acceptors (Lipinski definition) is 2. The Morgan fingerprint density at radius 3 is 2.20 bits per heavy atom. The molecule has 0 aliphatic heterocycles. The number of allylic oxidation sites excluding steroid dienone is 4. The Morgan fingerprint density at radius 1 is 1.33 bits per heavy atom. The van der Waals surface area contributed by atoms with E-state index in [9.17, 15) is 9.59 Å². The first-order valence-electron chi connectivity index (χ1n) is 4.87. The molecule has 84 valence electrons. The van der Waals surface area contributed by atoms with Gasteiger partial charge in [-0.3, -0.25) is 14.5 Å². The highest BCUT2D eigenvalue weighted by Gasteiger charge is 2.09. The molecule has 0 radical (unpaired) electrons. The predicted octanol–water partition coefficient (Wildman–Crippen LogP) is 2.66. The molecule has 0 unspecified atom stereocenters.